The summed E-state index contributed by atoms with van der Waals surface area (Å²) in [5.41, 5.74) is 0. The summed E-state index contributed by atoms with van der Waals surface area (Å²) < 4.78 is 13.2. The number of hydrogen-bond donors (Lipinski definition) is 1. The summed E-state index contributed by atoms with van der Waals surface area (Å²) >= 11 is 0. The van der Waals surface area contributed by atoms with Gasteiger partial charge in [-0.3, -0.25) is 0 Å². The van der Waals surface area contributed by atoms with Crippen molar-refractivity contribution >= 4 is 7.28 Å². The molecule has 0 aromatic heterocycles. The van der Waals surface area contributed by atoms with E-state index in [1.165, 1.54) is 128 Å². The fourth-order valence-electron chi connectivity index (χ4n) is 5.12. The second kappa shape index (κ2) is 25.6. The molecule has 3 nitrogen and oxygen atoms in total. The normalized spacial score (nSPS) is 13.2. The molecule has 0 spiro atoms. The molecule has 220 valence electrons. The molecule has 0 aliphatic rings. The van der Waals surface area contributed by atoms with Crippen LogP contribution in [0.25, 0.3) is 0 Å². The van der Waals surface area contributed by atoms with Gasteiger partial charge >= 0.3 is 229 Å². The molecule has 0 rings (SSSR count). The summed E-state index contributed by atoms with van der Waals surface area (Å²) in [6, 6.07) is 0. The molecule has 0 amide bonds. The average Bonchev–Trinajstić information content (AvgIpc) is 2.87. The second-order valence-corrected chi connectivity index (χ2v) is 15.4. The SMILES string of the molecule is CCCCCCCCOP(O)(CCCCCCCC)(CCCCCCCC)OCCCCCCCC. The zero-order chi connectivity index (χ0) is 26.7. The van der Waals surface area contributed by atoms with E-state index in [1.54, 1.807) is 0 Å². The Kier molecular flexibility index (Phi) is 25.8. The molecular weight excluding hydrogens is 463 g/mol. The Morgan fingerprint density at radius 2 is 0.611 bits per heavy atom. The van der Waals surface area contributed by atoms with Gasteiger partial charge in [0.15, 0.2) is 0 Å². The summed E-state index contributed by atoms with van der Waals surface area (Å²) in [5.74, 6) is 0. The van der Waals surface area contributed by atoms with Gasteiger partial charge in [-0.05, 0) is 0 Å². The first-order valence-corrected chi connectivity index (χ1v) is 19.0. The minimum atomic E-state index is -3.58. The summed E-state index contributed by atoms with van der Waals surface area (Å²) in [7, 11) is -3.58. The Morgan fingerprint density at radius 3 is 0.917 bits per heavy atom. The molecule has 0 aliphatic heterocycles. The molecule has 0 saturated carbocycles. The van der Waals surface area contributed by atoms with Gasteiger partial charge in [0, 0.05) is 0 Å². The molecule has 0 aliphatic carbocycles. The molecule has 36 heavy (non-hydrogen) atoms. The zero-order valence-electron chi connectivity index (χ0n) is 25.5. The Bertz CT molecular complexity index is 405. The molecular formula is C32H69O3P. The first kappa shape index (κ1) is 36.3. The summed E-state index contributed by atoms with van der Waals surface area (Å²) in [4.78, 5) is 12.3. The molecule has 1 N–H and O–H groups in total. The van der Waals surface area contributed by atoms with Crippen molar-refractivity contribution in [3.05, 3.63) is 0 Å². The molecule has 4 heteroatoms. The van der Waals surface area contributed by atoms with Gasteiger partial charge in [0.1, 0.15) is 0 Å². The molecule has 0 saturated heterocycles. The third kappa shape index (κ3) is 21.3. The molecule has 0 unspecified atom stereocenters. The van der Waals surface area contributed by atoms with Crippen LogP contribution in [0.2, 0.25) is 0 Å². The first-order chi connectivity index (χ1) is 17.5. The van der Waals surface area contributed by atoms with E-state index in [9.17, 15) is 4.89 Å². The van der Waals surface area contributed by atoms with E-state index >= 15 is 0 Å². The van der Waals surface area contributed by atoms with Crippen LogP contribution in [-0.4, -0.2) is 30.4 Å². The van der Waals surface area contributed by atoms with Gasteiger partial charge in [-0.1, -0.05) is 0 Å². The molecule has 0 aromatic carbocycles. The third-order valence-corrected chi connectivity index (χ3v) is 11.6. The molecule has 0 heterocycles. The fraction of sp³-hybridized carbons (Fsp3) is 1.00. The van der Waals surface area contributed by atoms with E-state index in [0.29, 0.717) is 13.2 Å². The molecule has 0 aromatic rings. The predicted molar refractivity (Wildman–Crippen MR) is 164 cm³/mol. The summed E-state index contributed by atoms with van der Waals surface area (Å²) in [6.07, 6.45) is 31.3. The van der Waals surface area contributed by atoms with Crippen molar-refractivity contribution in [2.75, 3.05) is 25.5 Å². The van der Waals surface area contributed by atoms with Gasteiger partial charge in [0.05, 0.1) is 0 Å². The van der Waals surface area contributed by atoms with Gasteiger partial charge in [0.25, 0.3) is 0 Å². The van der Waals surface area contributed by atoms with Gasteiger partial charge < -0.3 is 0 Å². The van der Waals surface area contributed by atoms with Crippen LogP contribution in [0.4, 0.5) is 0 Å². The predicted octanol–water partition coefficient (Wildman–Crippen LogP) is 11.8. The Morgan fingerprint density at radius 1 is 0.361 bits per heavy atom. The van der Waals surface area contributed by atoms with Gasteiger partial charge in [-0.2, -0.15) is 0 Å². The van der Waals surface area contributed by atoms with E-state index in [1.807, 2.05) is 0 Å². The van der Waals surface area contributed by atoms with Crippen LogP contribution in [-0.2, 0) is 9.05 Å². The van der Waals surface area contributed by atoms with Crippen LogP contribution in [0.1, 0.15) is 182 Å². The number of hydrogen-bond acceptors (Lipinski definition) is 3. The average molecular weight is 533 g/mol. The van der Waals surface area contributed by atoms with Crippen molar-refractivity contribution in [3.63, 3.8) is 0 Å². The quantitative estimate of drug-likeness (QED) is 0.0738. The Balaban J connectivity index is 5.00. The van der Waals surface area contributed by atoms with Gasteiger partial charge in [-0.25, -0.2) is 0 Å². The summed E-state index contributed by atoms with van der Waals surface area (Å²) in [6.45, 7) is 10.4. The van der Waals surface area contributed by atoms with E-state index in [4.69, 9.17) is 9.05 Å². The van der Waals surface area contributed by atoms with E-state index in [2.05, 4.69) is 27.7 Å². The second-order valence-electron chi connectivity index (χ2n) is 11.4. The maximum absolute atomic E-state index is 12.3. The topological polar surface area (TPSA) is 38.7 Å². The number of rotatable bonds is 30. The standard InChI is InChI=1S/C32H69O3P/c1-5-9-13-17-21-25-29-34-36(33,31-27-23-19-15-11-7-3,32-28-24-20-16-12-8-4)35-30-26-22-18-14-10-6-2/h33H,5-32H2,1-4H3. The summed E-state index contributed by atoms with van der Waals surface area (Å²) in [5, 5.41) is 0. The van der Waals surface area contributed by atoms with Crippen LogP contribution < -0.4 is 0 Å². The van der Waals surface area contributed by atoms with Crippen molar-refractivity contribution in [1.82, 2.24) is 0 Å². The van der Waals surface area contributed by atoms with Gasteiger partial charge in [0.2, 0.25) is 0 Å². The first-order valence-electron chi connectivity index (χ1n) is 16.6. The van der Waals surface area contributed by atoms with E-state index < -0.39 is 7.28 Å². The molecule has 0 bridgehead atoms. The van der Waals surface area contributed by atoms with Crippen LogP contribution >= 0.6 is 7.28 Å². The van der Waals surface area contributed by atoms with Crippen LogP contribution in [0.15, 0.2) is 0 Å². The maximum atomic E-state index is 12.3. The van der Waals surface area contributed by atoms with Crippen molar-refractivity contribution in [1.29, 1.82) is 0 Å². The van der Waals surface area contributed by atoms with Crippen molar-refractivity contribution in [2.24, 2.45) is 0 Å². The Labute approximate surface area is 228 Å². The van der Waals surface area contributed by atoms with Crippen LogP contribution in [0.5, 0.6) is 0 Å². The van der Waals surface area contributed by atoms with Crippen molar-refractivity contribution in [2.45, 2.75) is 182 Å². The van der Waals surface area contributed by atoms with Crippen LogP contribution in [0, 0.1) is 0 Å². The zero-order valence-corrected chi connectivity index (χ0v) is 26.4. The third-order valence-electron chi connectivity index (χ3n) is 7.67. The molecule has 0 atom stereocenters. The van der Waals surface area contributed by atoms with Crippen molar-refractivity contribution < 1.29 is 13.9 Å². The van der Waals surface area contributed by atoms with Crippen LogP contribution in [0.3, 0.4) is 0 Å². The van der Waals surface area contributed by atoms with E-state index in [-0.39, 0.29) is 0 Å². The minimum absolute atomic E-state index is 0.669. The van der Waals surface area contributed by atoms with Gasteiger partial charge in [-0.15, -0.1) is 0 Å². The van der Waals surface area contributed by atoms with Crippen molar-refractivity contribution in [3.8, 4) is 0 Å². The van der Waals surface area contributed by atoms with E-state index in [0.717, 1.165) is 38.0 Å². The molecule has 0 fully saturated rings. The molecule has 0 radical (unpaired) electrons. The number of unbranched alkanes of at least 4 members (excludes halogenated alkanes) is 20. The fourth-order valence-corrected chi connectivity index (χ4v) is 8.72. The Hall–Kier alpha value is 0.310. The monoisotopic (exact) mass is 532 g/mol.